The lowest BCUT2D eigenvalue weighted by molar-refractivity contribution is 0.0371. The summed E-state index contributed by atoms with van der Waals surface area (Å²) in [5.41, 5.74) is 4.22. The number of carbonyl (C=O) groups excluding carboxylic acids is 4. The van der Waals surface area contributed by atoms with E-state index in [-0.39, 0.29) is 23.6 Å². The summed E-state index contributed by atoms with van der Waals surface area (Å²) < 4.78 is 5.35. The van der Waals surface area contributed by atoms with Gasteiger partial charge in [-0.25, -0.2) is 0 Å². The fourth-order valence-electron chi connectivity index (χ4n) is 5.59. The number of fused-ring (bicyclic) bond motifs is 2. The van der Waals surface area contributed by atoms with E-state index in [2.05, 4.69) is 31.5 Å². The van der Waals surface area contributed by atoms with Gasteiger partial charge in [0.1, 0.15) is 0 Å². The molecule has 1 saturated heterocycles. The summed E-state index contributed by atoms with van der Waals surface area (Å²) in [4.78, 5) is 49.2. The van der Waals surface area contributed by atoms with Crippen molar-refractivity contribution in [3.63, 3.8) is 0 Å². The highest BCUT2D eigenvalue weighted by Gasteiger charge is 2.29. The molecule has 2 aromatic rings. The molecule has 0 aliphatic carbocycles. The van der Waals surface area contributed by atoms with Gasteiger partial charge in [-0.2, -0.15) is 0 Å². The molecule has 0 radical (unpaired) electrons. The highest BCUT2D eigenvalue weighted by molar-refractivity contribution is 9.09. The number of nitrogens with one attached hydrogen (secondary N) is 2. The predicted molar refractivity (Wildman–Crippen MR) is 162 cm³/mol. The SMILES string of the molecule is O=C1NC(=O)c2c(CCCCCCBr)cccc21.O=C1NC(=O)c2c(CCCCCCN3CCOCC3)cccc21. The highest BCUT2D eigenvalue weighted by atomic mass is 79.9. The molecular weight excluding hydrogens is 586 g/mol. The number of benzene rings is 2. The smallest absolute Gasteiger partial charge is 0.259 e. The fraction of sp³-hybridized carbons (Fsp3) is 0.500. The molecule has 220 valence electrons. The van der Waals surface area contributed by atoms with Crippen molar-refractivity contribution in [2.75, 3.05) is 38.2 Å². The molecule has 0 atom stereocenters. The van der Waals surface area contributed by atoms with Gasteiger partial charge in [-0.3, -0.25) is 34.7 Å². The van der Waals surface area contributed by atoms with E-state index < -0.39 is 0 Å². The van der Waals surface area contributed by atoms with Crippen LogP contribution in [0.4, 0.5) is 0 Å². The minimum atomic E-state index is -0.267. The number of carbonyl (C=O) groups is 4. The average molecular weight is 627 g/mol. The number of halogens is 1. The third-order valence-electron chi connectivity index (χ3n) is 7.80. The summed E-state index contributed by atoms with van der Waals surface area (Å²) in [6.45, 7) is 4.99. The topological polar surface area (TPSA) is 105 Å². The van der Waals surface area contributed by atoms with E-state index in [1.54, 1.807) is 12.1 Å². The standard InChI is InChI=1S/C18H24N2O3.C14H16BrNO2/c21-17-15-8-5-7-14(16(15)18(22)19-17)6-3-1-2-4-9-20-10-12-23-13-11-20;15-9-4-2-1-3-6-10-7-5-8-11-12(10)14(18)16-13(11)17/h5,7-8H,1-4,6,9-13H2,(H,19,21,22);5,7-8H,1-4,6,9H2,(H,16,17,18). The molecule has 2 N–H and O–H groups in total. The zero-order chi connectivity index (χ0) is 29.0. The molecule has 41 heavy (non-hydrogen) atoms. The lowest BCUT2D eigenvalue weighted by Crippen LogP contribution is -2.36. The molecule has 4 amide bonds. The Balaban J connectivity index is 0.000000195. The van der Waals surface area contributed by atoms with Crippen LogP contribution < -0.4 is 10.6 Å². The summed E-state index contributed by atoms with van der Waals surface area (Å²) in [6.07, 6.45) is 11.0. The van der Waals surface area contributed by atoms with Crippen molar-refractivity contribution < 1.29 is 23.9 Å². The average Bonchev–Trinajstić information content (AvgIpc) is 3.45. The van der Waals surface area contributed by atoms with Crippen molar-refractivity contribution in [3.8, 4) is 0 Å². The summed E-state index contributed by atoms with van der Waals surface area (Å²) >= 11 is 3.41. The number of imide groups is 2. The molecule has 5 rings (SSSR count). The Bertz CT molecular complexity index is 1240. The van der Waals surface area contributed by atoms with Gasteiger partial charge in [0.2, 0.25) is 0 Å². The number of rotatable bonds is 13. The number of aryl methyl sites for hydroxylation is 2. The van der Waals surface area contributed by atoms with E-state index >= 15 is 0 Å². The third kappa shape index (κ3) is 8.56. The molecule has 2 aromatic carbocycles. The summed E-state index contributed by atoms with van der Waals surface area (Å²) in [6, 6.07) is 11.1. The van der Waals surface area contributed by atoms with Crippen LogP contribution in [0.2, 0.25) is 0 Å². The maximum absolute atomic E-state index is 11.9. The van der Waals surface area contributed by atoms with Crippen LogP contribution in [0, 0.1) is 0 Å². The maximum atomic E-state index is 11.9. The quantitative estimate of drug-likeness (QED) is 0.183. The van der Waals surface area contributed by atoms with E-state index in [9.17, 15) is 19.2 Å². The van der Waals surface area contributed by atoms with Gasteiger partial charge >= 0.3 is 0 Å². The van der Waals surface area contributed by atoms with E-state index in [1.807, 2.05) is 24.3 Å². The molecular formula is C32H40BrN3O5. The summed E-state index contributed by atoms with van der Waals surface area (Å²) in [7, 11) is 0. The van der Waals surface area contributed by atoms with Crippen LogP contribution >= 0.6 is 15.9 Å². The molecule has 3 aliphatic heterocycles. The van der Waals surface area contributed by atoms with Crippen LogP contribution in [0.25, 0.3) is 0 Å². The molecule has 0 bridgehead atoms. The Labute approximate surface area is 250 Å². The normalized spacial score (nSPS) is 16.1. The number of nitrogens with zero attached hydrogens (tertiary/aromatic N) is 1. The molecule has 0 unspecified atom stereocenters. The van der Waals surface area contributed by atoms with Crippen LogP contribution in [0.1, 0.15) is 104 Å². The number of unbranched alkanes of at least 4 members (excludes halogenated alkanes) is 6. The first kappa shape index (κ1) is 31.1. The van der Waals surface area contributed by atoms with Crippen molar-refractivity contribution >= 4 is 39.6 Å². The van der Waals surface area contributed by atoms with Gasteiger partial charge in [-0.15, -0.1) is 0 Å². The Morgan fingerprint density at radius 3 is 1.63 bits per heavy atom. The molecule has 0 saturated carbocycles. The molecule has 3 heterocycles. The second-order valence-electron chi connectivity index (χ2n) is 10.7. The van der Waals surface area contributed by atoms with Crippen molar-refractivity contribution in [3.05, 3.63) is 69.8 Å². The van der Waals surface area contributed by atoms with Crippen LogP contribution in [0.5, 0.6) is 0 Å². The number of alkyl halides is 1. The Hall–Kier alpha value is -2.88. The number of amides is 4. The zero-order valence-corrected chi connectivity index (χ0v) is 25.2. The van der Waals surface area contributed by atoms with E-state index in [1.165, 1.54) is 25.7 Å². The first-order valence-electron chi connectivity index (χ1n) is 14.8. The maximum Gasteiger partial charge on any atom is 0.259 e. The number of morpholine rings is 1. The largest absolute Gasteiger partial charge is 0.379 e. The second kappa shape index (κ2) is 15.9. The van der Waals surface area contributed by atoms with Crippen LogP contribution in [-0.2, 0) is 17.6 Å². The number of hydrogen-bond acceptors (Lipinski definition) is 6. The van der Waals surface area contributed by atoms with Gasteiger partial charge in [-0.05, 0) is 68.3 Å². The van der Waals surface area contributed by atoms with Gasteiger partial charge in [0.05, 0.1) is 35.5 Å². The summed E-state index contributed by atoms with van der Waals surface area (Å²) in [5.74, 6) is -1.02. The van der Waals surface area contributed by atoms with E-state index in [4.69, 9.17) is 4.74 Å². The zero-order valence-electron chi connectivity index (χ0n) is 23.6. The lowest BCUT2D eigenvalue weighted by Gasteiger charge is -2.26. The van der Waals surface area contributed by atoms with Crippen molar-refractivity contribution in [1.29, 1.82) is 0 Å². The minimum absolute atomic E-state index is 0.243. The van der Waals surface area contributed by atoms with Crippen molar-refractivity contribution in [1.82, 2.24) is 15.5 Å². The van der Waals surface area contributed by atoms with Gasteiger partial charge in [0.15, 0.2) is 0 Å². The fourth-order valence-corrected chi connectivity index (χ4v) is 5.99. The predicted octanol–water partition coefficient (Wildman–Crippen LogP) is 5.07. The molecule has 9 heteroatoms. The van der Waals surface area contributed by atoms with Crippen LogP contribution in [0.3, 0.4) is 0 Å². The third-order valence-corrected chi connectivity index (χ3v) is 8.36. The summed E-state index contributed by atoms with van der Waals surface area (Å²) in [5, 5.41) is 5.77. The van der Waals surface area contributed by atoms with Gasteiger partial charge in [-0.1, -0.05) is 65.9 Å². The monoisotopic (exact) mass is 625 g/mol. The molecule has 3 aliphatic rings. The Kier molecular flexibility index (Phi) is 12.1. The van der Waals surface area contributed by atoms with E-state index in [0.717, 1.165) is 87.8 Å². The molecule has 1 fully saturated rings. The first-order valence-corrected chi connectivity index (χ1v) is 15.9. The van der Waals surface area contributed by atoms with Gasteiger partial charge in [0, 0.05) is 18.4 Å². The minimum Gasteiger partial charge on any atom is -0.379 e. The van der Waals surface area contributed by atoms with Gasteiger partial charge < -0.3 is 4.74 Å². The van der Waals surface area contributed by atoms with Crippen molar-refractivity contribution in [2.45, 2.75) is 64.2 Å². The van der Waals surface area contributed by atoms with Gasteiger partial charge in [0.25, 0.3) is 23.6 Å². The molecule has 8 nitrogen and oxygen atoms in total. The molecule has 0 spiro atoms. The number of ether oxygens (including phenoxy) is 1. The Morgan fingerprint density at radius 2 is 1.12 bits per heavy atom. The van der Waals surface area contributed by atoms with Crippen LogP contribution in [0.15, 0.2) is 36.4 Å². The van der Waals surface area contributed by atoms with E-state index in [0.29, 0.717) is 22.3 Å². The lowest BCUT2D eigenvalue weighted by atomic mass is 9.98. The highest BCUT2D eigenvalue weighted by Crippen LogP contribution is 2.23. The second-order valence-corrected chi connectivity index (χ2v) is 11.5. The van der Waals surface area contributed by atoms with Crippen molar-refractivity contribution in [2.24, 2.45) is 0 Å². The Morgan fingerprint density at radius 1 is 0.634 bits per heavy atom. The first-order chi connectivity index (χ1) is 20.0. The van der Waals surface area contributed by atoms with Crippen LogP contribution in [-0.4, -0.2) is 66.7 Å². The molecule has 0 aromatic heterocycles. The number of hydrogen-bond donors (Lipinski definition) is 2.